The van der Waals surface area contributed by atoms with Crippen LogP contribution in [0.1, 0.15) is 36.7 Å². The van der Waals surface area contributed by atoms with Gasteiger partial charge in [-0.15, -0.1) is 0 Å². The van der Waals surface area contributed by atoms with Crippen molar-refractivity contribution in [2.45, 2.75) is 32.2 Å². The highest BCUT2D eigenvalue weighted by Crippen LogP contribution is 2.28. The normalized spacial score (nSPS) is 20.5. The Morgan fingerprint density at radius 2 is 2.06 bits per heavy atom. The monoisotopic (exact) mass is 495 g/mol. The Balaban J connectivity index is 0.00000119. The van der Waals surface area contributed by atoms with Crippen LogP contribution in [0, 0.1) is 0 Å². The first-order valence-corrected chi connectivity index (χ1v) is 12.3. The number of halogens is 1. The molecule has 0 radical (unpaired) electrons. The molecule has 2 aromatic rings. The average Bonchev–Trinajstić information content (AvgIpc) is 3.51. The minimum absolute atomic E-state index is 0.124. The highest BCUT2D eigenvalue weighted by Gasteiger charge is 2.40. The number of amides is 2. The zero-order valence-electron chi connectivity index (χ0n) is 18.3. The largest absolute Gasteiger partial charge is 0.451 e. The van der Waals surface area contributed by atoms with Crippen LogP contribution < -0.4 is 0 Å². The van der Waals surface area contributed by atoms with Gasteiger partial charge in [-0.1, -0.05) is 64.0 Å². The molecule has 166 valence electrons. The van der Waals surface area contributed by atoms with E-state index in [9.17, 15) is 9.59 Å². The third kappa shape index (κ3) is 4.35. The van der Waals surface area contributed by atoms with E-state index in [1.165, 1.54) is 5.01 Å². The Bertz CT molecular complexity index is 1130. The summed E-state index contributed by atoms with van der Waals surface area (Å²) in [5, 5.41) is 7.03. The van der Waals surface area contributed by atoms with Crippen LogP contribution in [0.15, 0.2) is 75.3 Å². The lowest BCUT2D eigenvalue weighted by molar-refractivity contribution is -0.128. The van der Waals surface area contributed by atoms with Gasteiger partial charge in [0, 0.05) is 18.4 Å². The molecule has 3 aliphatic rings. The van der Waals surface area contributed by atoms with Crippen LogP contribution in [-0.2, 0) is 4.79 Å². The average molecular weight is 496 g/mol. The van der Waals surface area contributed by atoms with Crippen molar-refractivity contribution in [2.24, 2.45) is 5.10 Å². The first-order valence-electron chi connectivity index (χ1n) is 10.7. The molecule has 32 heavy (non-hydrogen) atoms. The third-order valence-electron chi connectivity index (χ3n) is 5.78. The molecular weight excluding hydrogens is 470 g/mol. The number of allylic oxidation sites excluding steroid dienone is 5. The van der Waals surface area contributed by atoms with Gasteiger partial charge in [-0.2, -0.15) is 5.10 Å². The number of carbonyl (C=O) groups excluding carboxylic acids is 2. The number of likely N-dealkylation sites (tertiary alicyclic amines) is 1. The summed E-state index contributed by atoms with van der Waals surface area (Å²) in [4.78, 5) is 27.5. The van der Waals surface area contributed by atoms with Gasteiger partial charge in [-0.25, -0.2) is 5.01 Å². The fraction of sp³-hybridized carbons (Fsp3) is 0.320. The minimum Gasteiger partial charge on any atom is -0.451 e. The molecule has 3 heterocycles. The molecule has 2 amide bonds. The van der Waals surface area contributed by atoms with Crippen molar-refractivity contribution in [3.8, 4) is 0 Å². The number of rotatable bonds is 3. The van der Waals surface area contributed by atoms with Crippen LogP contribution in [0.4, 0.5) is 0 Å². The molecule has 1 fully saturated rings. The number of carbonyl (C=O) groups is 2. The molecule has 0 saturated carbocycles. The van der Waals surface area contributed by atoms with E-state index in [4.69, 9.17) is 9.52 Å². The molecule has 7 heteroatoms. The van der Waals surface area contributed by atoms with Crippen LogP contribution in [0.2, 0.25) is 0 Å². The van der Waals surface area contributed by atoms with E-state index < -0.39 is 0 Å². The maximum atomic E-state index is 13.2. The van der Waals surface area contributed by atoms with Gasteiger partial charge < -0.3 is 9.32 Å². The van der Waals surface area contributed by atoms with Crippen molar-refractivity contribution in [3.05, 3.63) is 71.5 Å². The number of hydrazone groups is 1. The lowest BCUT2D eigenvalue weighted by Gasteiger charge is -2.25. The van der Waals surface area contributed by atoms with Crippen molar-refractivity contribution < 1.29 is 14.0 Å². The molecule has 5 rings (SSSR count). The zero-order chi connectivity index (χ0) is 22.7. The number of hydrogen-bond acceptors (Lipinski definition) is 4. The van der Waals surface area contributed by atoms with Gasteiger partial charge in [0.15, 0.2) is 5.76 Å². The summed E-state index contributed by atoms with van der Waals surface area (Å²) in [6.07, 6.45) is 10.5. The number of furan rings is 1. The van der Waals surface area contributed by atoms with Crippen LogP contribution in [-0.4, -0.2) is 52.4 Å². The van der Waals surface area contributed by atoms with Gasteiger partial charge >= 0.3 is 5.91 Å². The molecule has 1 aliphatic carbocycles. The lowest BCUT2D eigenvalue weighted by Crippen LogP contribution is -2.44. The van der Waals surface area contributed by atoms with Crippen LogP contribution in [0.3, 0.4) is 0 Å². The molecule has 1 aromatic heterocycles. The van der Waals surface area contributed by atoms with Gasteiger partial charge in [0.2, 0.25) is 5.91 Å². The molecule has 6 nitrogen and oxygen atoms in total. The summed E-state index contributed by atoms with van der Waals surface area (Å²) in [6.45, 7) is 3.08. The molecular formula is C25H26BrN3O3. The predicted molar refractivity (Wildman–Crippen MR) is 130 cm³/mol. The predicted octanol–water partition coefficient (Wildman–Crippen LogP) is 5.08. The molecule has 1 saturated heterocycles. The van der Waals surface area contributed by atoms with Crippen molar-refractivity contribution in [3.63, 3.8) is 0 Å². The second kappa shape index (κ2) is 9.69. The SMILES string of the molecule is CBr.CC1=CC(C2=NN(C(=O)c3cc4ccccc4o3)CC2N2CCCC2=O)=CCC=C1. The van der Waals surface area contributed by atoms with Gasteiger partial charge in [-0.3, -0.25) is 9.59 Å². The van der Waals surface area contributed by atoms with Crippen molar-refractivity contribution >= 4 is 44.4 Å². The summed E-state index contributed by atoms with van der Waals surface area (Å²) in [5.41, 5.74) is 3.54. The van der Waals surface area contributed by atoms with Crippen molar-refractivity contribution in [1.82, 2.24) is 9.91 Å². The minimum atomic E-state index is -0.286. The van der Waals surface area contributed by atoms with E-state index in [1.54, 1.807) is 6.07 Å². The van der Waals surface area contributed by atoms with Gasteiger partial charge in [0.05, 0.1) is 18.3 Å². The summed E-state index contributed by atoms with van der Waals surface area (Å²) in [6, 6.07) is 9.06. The Kier molecular flexibility index (Phi) is 6.74. The van der Waals surface area contributed by atoms with E-state index in [-0.39, 0.29) is 23.6 Å². The summed E-state index contributed by atoms with van der Waals surface area (Å²) >= 11 is 2.94. The summed E-state index contributed by atoms with van der Waals surface area (Å²) in [7, 11) is 0. The van der Waals surface area contributed by atoms with Gasteiger partial charge in [0.1, 0.15) is 5.58 Å². The molecule has 1 unspecified atom stereocenters. The van der Waals surface area contributed by atoms with Crippen molar-refractivity contribution in [1.29, 1.82) is 0 Å². The van der Waals surface area contributed by atoms with E-state index in [0.29, 0.717) is 25.1 Å². The van der Waals surface area contributed by atoms with E-state index >= 15 is 0 Å². The molecule has 2 aliphatic heterocycles. The highest BCUT2D eigenvalue weighted by atomic mass is 79.9. The zero-order valence-corrected chi connectivity index (χ0v) is 19.8. The smallest absolute Gasteiger partial charge is 0.309 e. The van der Waals surface area contributed by atoms with Crippen LogP contribution in [0.25, 0.3) is 11.0 Å². The molecule has 1 atom stereocenters. The van der Waals surface area contributed by atoms with Crippen LogP contribution in [0.5, 0.6) is 0 Å². The number of hydrogen-bond donors (Lipinski definition) is 0. The van der Waals surface area contributed by atoms with E-state index in [0.717, 1.165) is 35.1 Å². The summed E-state index contributed by atoms with van der Waals surface area (Å²) < 4.78 is 5.76. The lowest BCUT2D eigenvalue weighted by atomic mass is 10.0. The van der Waals surface area contributed by atoms with Gasteiger partial charge in [-0.05, 0) is 43.3 Å². The van der Waals surface area contributed by atoms with E-state index in [2.05, 4.69) is 40.2 Å². The first-order chi connectivity index (χ1) is 15.6. The number of fused-ring (bicyclic) bond motifs is 1. The van der Waals surface area contributed by atoms with Crippen molar-refractivity contribution in [2.75, 3.05) is 18.9 Å². The molecule has 1 aromatic carbocycles. The first kappa shape index (κ1) is 22.3. The molecule has 0 N–H and O–H groups in total. The third-order valence-corrected chi connectivity index (χ3v) is 5.78. The quantitative estimate of drug-likeness (QED) is 0.557. The fourth-order valence-corrected chi connectivity index (χ4v) is 4.31. The Hall–Kier alpha value is -2.93. The van der Waals surface area contributed by atoms with E-state index in [1.807, 2.05) is 41.9 Å². The Labute approximate surface area is 196 Å². The van der Waals surface area contributed by atoms with Gasteiger partial charge in [0.25, 0.3) is 0 Å². The standard InChI is InChI=1S/C24H23N3O3.CH3Br/c1-16-7-2-3-9-18(13-16)23-19(26-12-6-11-22(26)28)15-27(25-23)24(29)21-14-17-8-4-5-10-20(17)30-21;1-2/h2,4-5,7-10,13-14,19H,3,6,11-12,15H2,1H3;1H3. The maximum absolute atomic E-state index is 13.2. The fourth-order valence-electron chi connectivity index (χ4n) is 4.31. The number of alkyl halides is 1. The van der Waals surface area contributed by atoms with Crippen LogP contribution >= 0.6 is 15.9 Å². The highest BCUT2D eigenvalue weighted by molar-refractivity contribution is 9.08. The number of para-hydroxylation sites is 1. The topological polar surface area (TPSA) is 66.1 Å². The summed E-state index contributed by atoms with van der Waals surface area (Å²) in [5.74, 6) is 1.91. The second-order valence-corrected chi connectivity index (χ2v) is 7.91. The number of nitrogens with zero attached hydrogens (tertiary/aromatic N) is 3. The second-order valence-electron chi connectivity index (χ2n) is 7.91. The Morgan fingerprint density at radius 3 is 2.81 bits per heavy atom. The number of benzene rings is 1. The molecule has 0 spiro atoms. The maximum Gasteiger partial charge on any atom is 0.309 e. The molecule has 0 bridgehead atoms. The Morgan fingerprint density at radius 1 is 1.25 bits per heavy atom.